The van der Waals surface area contributed by atoms with E-state index in [4.69, 9.17) is 9.47 Å². The van der Waals surface area contributed by atoms with E-state index in [-0.39, 0.29) is 24.0 Å². The number of ether oxygens (including phenoxy) is 2. The Morgan fingerprint density at radius 2 is 2.41 bits per heavy atom. The maximum atomic E-state index is 5.42. The molecule has 1 unspecified atom stereocenters. The minimum Gasteiger partial charge on any atom is -0.481 e. The highest BCUT2D eigenvalue weighted by atomic mass is 127. The van der Waals surface area contributed by atoms with E-state index in [1.807, 2.05) is 19.2 Å². The van der Waals surface area contributed by atoms with Crippen molar-refractivity contribution in [3.63, 3.8) is 0 Å². The van der Waals surface area contributed by atoms with Gasteiger partial charge in [-0.2, -0.15) is 0 Å². The number of aliphatic imine (C=N–C) groups is 1. The molecule has 124 valence electrons. The predicted octanol–water partition coefficient (Wildman–Crippen LogP) is 1.75. The van der Waals surface area contributed by atoms with Crippen LogP contribution in [0.15, 0.2) is 23.3 Å². The van der Waals surface area contributed by atoms with Crippen LogP contribution in [0.3, 0.4) is 0 Å². The fraction of sp³-hybridized carbons (Fsp3) is 0.600. The number of hydrogen-bond acceptors (Lipinski definition) is 4. The molecule has 1 aliphatic heterocycles. The number of hydrogen-bond donors (Lipinski definition) is 1. The molecule has 0 saturated carbocycles. The van der Waals surface area contributed by atoms with Crippen molar-refractivity contribution in [1.29, 1.82) is 0 Å². The van der Waals surface area contributed by atoms with Crippen molar-refractivity contribution in [2.45, 2.75) is 13.0 Å². The summed E-state index contributed by atoms with van der Waals surface area (Å²) in [4.78, 5) is 10.7. The van der Waals surface area contributed by atoms with Gasteiger partial charge in [0.05, 0.1) is 13.7 Å². The Bertz CT molecular complexity index is 478. The highest BCUT2D eigenvalue weighted by molar-refractivity contribution is 14.0. The molecule has 6 nitrogen and oxygen atoms in total. The van der Waals surface area contributed by atoms with Crippen molar-refractivity contribution in [3.8, 4) is 5.88 Å². The monoisotopic (exact) mass is 420 g/mol. The standard InChI is InChI=1S/C15H24N4O2.HI/c1-16-15(19(2)10-12-6-8-21-11-12)18-9-13-5-4-7-17-14(13)20-3;/h4-5,7,12H,6,8-11H2,1-3H3,(H,16,18);1H. The summed E-state index contributed by atoms with van der Waals surface area (Å²) in [7, 11) is 5.48. The maximum Gasteiger partial charge on any atom is 0.218 e. The van der Waals surface area contributed by atoms with Gasteiger partial charge in [-0.1, -0.05) is 6.07 Å². The molecule has 1 fully saturated rings. The van der Waals surface area contributed by atoms with Crippen LogP contribution in [0, 0.1) is 5.92 Å². The molecule has 1 saturated heterocycles. The maximum absolute atomic E-state index is 5.42. The van der Waals surface area contributed by atoms with Crippen LogP contribution in [-0.2, 0) is 11.3 Å². The number of guanidine groups is 1. The summed E-state index contributed by atoms with van der Waals surface area (Å²) >= 11 is 0. The van der Waals surface area contributed by atoms with E-state index < -0.39 is 0 Å². The van der Waals surface area contributed by atoms with E-state index in [0.29, 0.717) is 18.3 Å². The molecule has 0 aromatic carbocycles. The number of aromatic nitrogens is 1. The topological polar surface area (TPSA) is 59.0 Å². The molecule has 2 rings (SSSR count). The number of rotatable bonds is 5. The Morgan fingerprint density at radius 3 is 3.05 bits per heavy atom. The summed E-state index contributed by atoms with van der Waals surface area (Å²) in [5.74, 6) is 2.10. The van der Waals surface area contributed by atoms with Gasteiger partial charge in [0, 0.05) is 51.5 Å². The van der Waals surface area contributed by atoms with Crippen molar-refractivity contribution in [1.82, 2.24) is 15.2 Å². The molecule has 7 heteroatoms. The van der Waals surface area contributed by atoms with Gasteiger partial charge in [0.25, 0.3) is 0 Å². The second-order valence-electron chi connectivity index (χ2n) is 5.18. The minimum absolute atomic E-state index is 0. The highest BCUT2D eigenvalue weighted by Crippen LogP contribution is 2.14. The van der Waals surface area contributed by atoms with Crippen LogP contribution in [-0.4, -0.2) is 56.8 Å². The van der Waals surface area contributed by atoms with Gasteiger partial charge in [-0.25, -0.2) is 4.98 Å². The van der Waals surface area contributed by atoms with Gasteiger partial charge in [-0.15, -0.1) is 24.0 Å². The summed E-state index contributed by atoms with van der Waals surface area (Å²) < 4.78 is 10.7. The highest BCUT2D eigenvalue weighted by Gasteiger charge is 2.19. The summed E-state index contributed by atoms with van der Waals surface area (Å²) in [5.41, 5.74) is 1.01. The van der Waals surface area contributed by atoms with E-state index in [1.54, 1.807) is 20.4 Å². The van der Waals surface area contributed by atoms with Crippen LogP contribution in [0.25, 0.3) is 0 Å². The van der Waals surface area contributed by atoms with Crippen LogP contribution < -0.4 is 10.1 Å². The Labute approximate surface area is 149 Å². The molecule has 0 radical (unpaired) electrons. The molecule has 1 aromatic rings. The van der Waals surface area contributed by atoms with Gasteiger partial charge in [-0.3, -0.25) is 4.99 Å². The molecule has 0 amide bonds. The largest absolute Gasteiger partial charge is 0.481 e. The fourth-order valence-corrected chi connectivity index (χ4v) is 2.50. The Hall–Kier alpha value is -1.09. The SMILES string of the molecule is CN=C(NCc1cccnc1OC)N(C)CC1CCOC1.I. The average molecular weight is 420 g/mol. The molecule has 1 aliphatic rings. The van der Waals surface area contributed by atoms with Gasteiger partial charge < -0.3 is 19.7 Å². The Morgan fingerprint density at radius 1 is 1.59 bits per heavy atom. The number of nitrogens with zero attached hydrogens (tertiary/aromatic N) is 3. The van der Waals surface area contributed by atoms with Crippen LogP contribution in [0.4, 0.5) is 0 Å². The van der Waals surface area contributed by atoms with Gasteiger partial charge in [0.1, 0.15) is 0 Å². The smallest absolute Gasteiger partial charge is 0.218 e. The van der Waals surface area contributed by atoms with Gasteiger partial charge >= 0.3 is 0 Å². The van der Waals surface area contributed by atoms with Crippen molar-refractivity contribution in [2.24, 2.45) is 10.9 Å². The lowest BCUT2D eigenvalue weighted by atomic mass is 10.1. The third-order valence-corrected chi connectivity index (χ3v) is 3.61. The molecular weight excluding hydrogens is 395 g/mol. The second-order valence-corrected chi connectivity index (χ2v) is 5.18. The van der Waals surface area contributed by atoms with Gasteiger partial charge in [0.2, 0.25) is 5.88 Å². The van der Waals surface area contributed by atoms with E-state index in [2.05, 4.69) is 20.2 Å². The lowest BCUT2D eigenvalue weighted by molar-refractivity contribution is 0.181. The molecule has 0 bridgehead atoms. The number of halogens is 1. The van der Waals surface area contributed by atoms with Crippen LogP contribution >= 0.6 is 24.0 Å². The van der Waals surface area contributed by atoms with E-state index >= 15 is 0 Å². The third-order valence-electron chi connectivity index (χ3n) is 3.61. The molecule has 1 N–H and O–H groups in total. The van der Waals surface area contributed by atoms with Gasteiger partial charge in [0.15, 0.2) is 5.96 Å². The third kappa shape index (κ3) is 5.28. The van der Waals surface area contributed by atoms with Crippen molar-refractivity contribution in [2.75, 3.05) is 41.0 Å². The normalized spacial score (nSPS) is 17.8. The Balaban J connectivity index is 0.00000242. The fourth-order valence-electron chi connectivity index (χ4n) is 2.50. The zero-order valence-electron chi connectivity index (χ0n) is 13.4. The first-order valence-electron chi connectivity index (χ1n) is 7.22. The Kier molecular flexibility index (Phi) is 8.47. The van der Waals surface area contributed by atoms with Crippen molar-refractivity contribution < 1.29 is 9.47 Å². The molecule has 0 spiro atoms. The first-order valence-corrected chi connectivity index (χ1v) is 7.22. The molecule has 22 heavy (non-hydrogen) atoms. The first-order chi connectivity index (χ1) is 10.2. The van der Waals surface area contributed by atoms with Crippen LogP contribution in [0.2, 0.25) is 0 Å². The summed E-state index contributed by atoms with van der Waals surface area (Å²) in [6.45, 7) is 3.30. The van der Waals surface area contributed by atoms with E-state index in [1.165, 1.54) is 0 Å². The minimum atomic E-state index is 0. The van der Waals surface area contributed by atoms with E-state index in [0.717, 1.165) is 37.7 Å². The zero-order valence-corrected chi connectivity index (χ0v) is 15.7. The molecule has 2 heterocycles. The summed E-state index contributed by atoms with van der Waals surface area (Å²) in [6.07, 6.45) is 2.85. The first kappa shape index (κ1) is 19.0. The van der Waals surface area contributed by atoms with Gasteiger partial charge in [-0.05, 0) is 12.5 Å². The number of pyridine rings is 1. The number of nitrogens with one attached hydrogen (secondary N) is 1. The zero-order chi connectivity index (χ0) is 15.1. The average Bonchev–Trinajstić information content (AvgIpc) is 3.01. The predicted molar refractivity (Wildman–Crippen MR) is 98.0 cm³/mol. The second kappa shape index (κ2) is 9.83. The molecule has 1 atom stereocenters. The van der Waals surface area contributed by atoms with Crippen molar-refractivity contribution in [3.05, 3.63) is 23.9 Å². The lowest BCUT2D eigenvalue weighted by Gasteiger charge is -2.24. The van der Waals surface area contributed by atoms with Crippen LogP contribution in [0.5, 0.6) is 5.88 Å². The number of methoxy groups -OCH3 is 1. The summed E-state index contributed by atoms with van der Waals surface area (Å²) in [5, 5.41) is 3.35. The van der Waals surface area contributed by atoms with E-state index in [9.17, 15) is 0 Å². The lowest BCUT2D eigenvalue weighted by Crippen LogP contribution is -2.41. The van der Waals surface area contributed by atoms with Crippen molar-refractivity contribution >= 4 is 29.9 Å². The molecule has 1 aromatic heterocycles. The molecular formula is C15H25IN4O2. The summed E-state index contributed by atoms with van der Waals surface area (Å²) in [6, 6.07) is 3.90. The van der Waals surface area contributed by atoms with Crippen LogP contribution in [0.1, 0.15) is 12.0 Å². The quantitative estimate of drug-likeness (QED) is 0.447. The molecule has 0 aliphatic carbocycles.